The lowest BCUT2D eigenvalue weighted by atomic mass is 9.53. The molecule has 0 atom stereocenters. The number of aromatic nitrogens is 1. The van der Waals surface area contributed by atoms with Gasteiger partial charge in [0.15, 0.2) is 12.4 Å². The molecular weight excluding hydrogens is 266 g/mol. The van der Waals surface area contributed by atoms with Gasteiger partial charge in [0.25, 0.3) is 5.91 Å². The van der Waals surface area contributed by atoms with Gasteiger partial charge in [-0.05, 0) is 43.9 Å². The van der Waals surface area contributed by atoms with Gasteiger partial charge in [-0.15, -0.1) is 0 Å². The Kier molecular flexibility index (Phi) is 3.06. The van der Waals surface area contributed by atoms with Crippen molar-refractivity contribution in [2.24, 2.45) is 17.8 Å². The highest BCUT2D eigenvalue weighted by Crippen LogP contribution is 2.54. The van der Waals surface area contributed by atoms with Gasteiger partial charge in [-0.2, -0.15) is 0 Å². The molecule has 5 nitrogen and oxygen atoms in total. The Labute approximate surface area is 124 Å². The fourth-order valence-electron chi connectivity index (χ4n) is 5.36. The monoisotopic (exact) mass is 290 g/mol. The number of nitrogens with two attached hydrogens (primary N) is 1. The van der Waals surface area contributed by atoms with E-state index in [9.17, 15) is 4.79 Å². The Morgan fingerprint density at radius 2 is 1.95 bits per heavy atom. The van der Waals surface area contributed by atoms with Crippen molar-refractivity contribution in [2.45, 2.75) is 51.0 Å². The first kappa shape index (κ1) is 13.3. The molecule has 4 saturated carbocycles. The van der Waals surface area contributed by atoms with E-state index >= 15 is 0 Å². The maximum atomic E-state index is 12.1. The highest BCUT2D eigenvalue weighted by Gasteiger charge is 2.53. The molecular formula is C16H24N3O2+. The van der Waals surface area contributed by atoms with E-state index in [2.05, 4.69) is 15.8 Å². The zero-order valence-electron chi connectivity index (χ0n) is 12.6. The van der Waals surface area contributed by atoms with Crippen LogP contribution in [0.3, 0.4) is 0 Å². The Morgan fingerprint density at radius 3 is 2.48 bits per heavy atom. The summed E-state index contributed by atoms with van der Waals surface area (Å²) in [6, 6.07) is 1.75. The highest BCUT2D eigenvalue weighted by molar-refractivity contribution is 5.90. The van der Waals surface area contributed by atoms with Gasteiger partial charge in [0.05, 0.1) is 5.54 Å². The number of aryl methyl sites for hydroxylation is 1. The molecule has 4 aliphatic carbocycles. The van der Waals surface area contributed by atoms with Gasteiger partial charge in [0.2, 0.25) is 0 Å². The number of hydrogen-bond acceptors (Lipinski definition) is 3. The topological polar surface area (TPSA) is 71.7 Å². The maximum absolute atomic E-state index is 12.1. The maximum Gasteiger partial charge on any atom is 0.280 e. The summed E-state index contributed by atoms with van der Waals surface area (Å²) in [5.74, 6) is 4.04. The largest absolute Gasteiger partial charge is 0.360 e. The van der Waals surface area contributed by atoms with E-state index in [1.54, 1.807) is 6.07 Å². The Balaban J connectivity index is 1.35. The van der Waals surface area contributed by atoms with Crippen LogP contribution in [0.2, 0.25) is 0 Å². The molecule has 0 radical (unpaired) electrons. The minimum atomic E-state index is 0.0269. The van der Waals surface area contributed by atoms with Crippen LogP contribution < -0.4 is 10.6 Å². The molecule has 0 aliphatic heterocycles. The smallest absolute Gasteiger partial charge is 0.280 e. The third-order valence-corrected chi connectivity index (χ3v) is 5.70. The van der Waals surface area contributed by atoms with Crippen molar-refractivity contribution >= 4 is 11.7 Å². The van der Waals surface area contributed by atoms with Crippen LogP contribution in [0.5, 0.6) is 0 Å². The van der Waals surface area contributed by atoms with Crippen molar-refractivity contribution in [1.29, 1.82) is 0 Å². The number of amides is 1. The van der Waals surface area contributed by atoms with Crippen molar-refractivity contribution in [3.8, 4) is 0 Å². The van der Waals surface area contributed by atoms with E-state index in [0.29, 0.717) is 17.9 Å². The molecule has 0 unspecified atom stereocenters. The minimum absolute atomic E-state index is 0.0269. The summed E-state index contributed by atoms with van der Waals surface area (Å²) in [4.78, 5) is 12.1. The third-order valence-electron chi connectivity index (χ3n) is 5.70. The average molecular weight is 290 g/mol. The molecule has 21 heavy (non-hydrogen) atoms. The number of carbonyl (C=O) groups is 1. The Morgan fingerprint density at radius 1 is 1.33 bits per heavy atom. The Hall–Kier alpha value is -1.36. The van der Waals surface area contributed by atoms with Crippen LogP contribution in [0.1, 0.15) is 44.3 Å². The third kappa shape index (κ3) is 2.59. The van der Waals surface area contributed by atoms with E-state index in [1.165, 1.54) is 38.5 Å². The highest BCUT2D eigenvalue weighted by atomic mass is 16.5. The summed E-state index contributed by atoms with van der Waals surface area (Å²) in [7, 11) is 0. The first-order valence-electron chi connectivity index (χ1n) is 8.18. The SMILES string of the molecule is Cc1cc(NC(=O)C[NH2+]C23CC4CC(CC(C4)C2)C3)no1. The van der Waals surface area contributed by atoms with Crippen LogP contribution in [-0.4, -0.2) is 23.1 Å². The first-order valence-corrected chi connectivity index (χ1v) is 8.18. The normalized spacial score (nSPS) is 36.9. The molecule has 1 heterocycles. The van der Waals surface area contributed by atoms with Gasteiger partial charge < -0.3 is 15.2 Å². The number of carbonyl (C=O) groups excluding carboxylic acids is 1. The van der Waals surface area contributed by atoms with Crippen molar-refractivity contribution < 1.29 is 14.6 Å². The van der Waals surface area contributed by atoms with Crippen molar-refractivity contribution in [3.05, 3.63) is 11.8 Å². The molecule has 3 N–H and O–H groups in total. The molecule has 5 rings (SSSR count). The van der Waals surface area contributed by atoms with E-state index in [4.69, 9.17) is 4.52 Å². The molecule has 1 amide bonds. The number of rotatable bonds is 4. The summed E-state index contributed by atoms with van der Waals surface area (Å²) in [5, 5.41) is 8.95. The lowest BCUT2D eigenvalue weighted by Gasteiger charge is -2.54. The number of nitrogens with zero attached hydrogens (tertiary/aromatic N) is 1. The van der Waals surface area contributed by atoms with Crippen molar-refractivity contribution in [2.75, 3.05) is 11.9 Å². The summed E-state index contributed by atoms with van der Waals surface area (Å²) in [6.07, 6.45) is 8.27. The van der Waals surface area contributed by atoms with Gasteiger partial charge in [0, 0.05) is 25.3 Å². The molecule has 4 aliphatic rings. The van der Waals surface area contributed by atoms with Crippen molar-refractivity contribution in [1.82, 2.24) is 5.16 Å². The number of hydrogen-bond donors (Lipinski definition) is 2. The summed E-state index contributed by atoms with van der Waals surface area (Å²) >= 11 is 0. The predicted octanol–water partition coefficient (Wildman–Crippen LogP) is 1.45. The molecule has 0 saturated heterocycles. The predicted molar refractivity (Wildman–Crippen MR) is 77.6 cm³/mol. The lowest BCUT2D eigenvalue weighted by Crippen LogP contribution is -3.00. The van der Waals surface area contributed by atoms with Crippen LogP contribution in [0.4, 0.5) is 5.82 Å². The molecule has 1 aromatic rings. The summed E-state index contributed by atoms with van der Waals surface area (Å²) < 4.78 is 4.97. The number of anilines is 1. The fraction of sp³-hybridized carbons (Fsp3) is 0.750. The Bertz CT molecular complexity index is 516. The molecule has 0 aromatic carbocycles. The first-order chi connectivity index (χ1) is 10.1. The van der Waals surface area contributed by atoms with E-state index in [-0.39, 0.29) is 5.91 Å². The zero-order valence-corrected chi connectivity index (χ0v) is 12.6. The van der Waals surface area contributed by atoms with Crippen LogP contribution in [0.15, 0.2) is 10.6 Å². The van der Waals surface area contributed by atoms with Gasteiger partial charge >= 0.3 is 0 Å². The minimum Gasteiger partial charge on any atom is -0.360 e. The van der Waals surface area contributed by atoms with E-state index in [1.807, 2.05) is 6.92 Å². The molecule has 5 heteroatoms. The quantitative estimate of drug-likeness (QED) is 0.881. The molecule has 4 bridgehead atoms. The van der Waals surface area contributed by atoms with E-state index < -0.39 is 0 Å². The second-order valence-corrected chi connectivity index (χ2v) is 7.56. The molecule has 4 fully saturated rings. The standard InChI is InChI=1S/C16H23N3O2/c1-10-2-14(19-21-10)18-15(20)9-17-16-6-11-3-12(7-16)5-13(4-11)8-16/h2,11-13,17H,3-9H2,1H3,(H,18,19,20)/p+1. The second-order valence-electron chi connectivity index (χ2n) is 7.56. The van der Waals surface area contributed by atoms with E-state index in [0.717, 1.165) is 23.5 Å². The number of quaternary nitrogens is 1. The van der Waals surface area contributed by atoms with Crippen LogP contribution in [0.25, 0.3) is 0 Å². The molecule has 114 valence electrons. The summed E-state index contributed by atoms with van der Waals surface area (Å²) in [6.45, 7) is 2.32. The van der Waals surface area contributed by atoms with Gasteiger partial charge in [-0.1, -0.05) is 5.16 Å². The second kappa shape index (κ2) is 4.83. The van der Waals surface area contributed by atoms with Gasteiger partial charge in [-0.25, -0.2) is 0 Å². The van der Waals surface area contributed by atoms with Gasteiger partial charge in [0.1, 0.15) is 5.76 Å². The average Bonchev–Trinajstić information content (AvgIpc) is 2.80. The van der Waals surface area contributed by atoms with Crippen molar-refractivity contribution in [3.63, 3.8) is 0 Å². The molecule has 1 aromatic heterocycles. The van der Waals surface area contributed by atoms with Crippen LogP contribution in [0, 0.1) is 24.7 Å². The molecule has 0 spiro atoms. The fourth-order valence-corrected chi connectivity index (χ4v) is 5.36. The zero-order chi connectivity index (χ0) is 14.4. The number of nitrogens with one attached hydrogen (secondary N) is 1. The van der Waals surface area contributed by atoms with Gasteiger partial charge in [-0.3, -0.25) is 4.79 Å². The lowest BCUT2D eigenvalue weighted by molar-refractivity contribution is -0.729. The van der Waals surface area contributed by atoms with Crippen LogP contribution >= 0.6 is 0 Å². The van der Waals surface area contributed by atoms with Crippen LogP contribution in [-0.2, 0) is 4.79 Å². The summed E-state index contributed by atoms with van der Waals surface area (Å²) in [5.41, 5.74) is 0.353.